The lowest BCUT2D eigenvalue weighted by molar-refractivity contribution is -0.912. The van der Waals surface area contributed by atoms with Gasteiger partial charge in [0.2, 0.25) is 0 Å². The van der Waals surface area contributed by atoms with E-state index in [1.54, 1.807) is 14.0 Å². The van der Waals surface area contributed by atoms with Crippen LogP contribution in [0.3, 0.4) is 0 Å². The lowest BCUT2D eigenvalue weighted by Crippen LogP contribution is -2.59. The zero-order valence-electron chi connectivity index (χ0n) is 16.5. The summed E-state index contributed by atoms with van der Waals surface area (Å²) in [4.78, 5) is 0. The molecule has 2 atom stereocenters. The normalized spacial score (nSPS) is 16.7. The van der Waals surface area contributed by atoms with Crippen LogP contribution >= 0.6 is 0 Å². The molecule has 2 unspecified atom stereocenters. The minimum absolute atomic E-state index is 0.317. The van der Waals surface area contributed by atoms with E-state index in [4.69, 9.17) is 4.74 Å². The molecule has 0 amide bonds. The van der Waals surface area contributed by atoms with E-state index in [0.29, 0.717) is 19.7 Å². The monoisotopic (exact) mass is 345 g/mol. The lowest BCUT2D eigenvalue weighted by Gasteiger charge is -2.44. The molecular formula is C18H39N3O3. The first-order chi connectivity index (χ1) is 10.9. The summed E-state index contributed by atoms with van der Waals surface area (Å²) >= 11 is 0. The zero-order valence-corrected chi connectivity index (χ0v) is 16.5. The molecule has 0 rings (SSSR count). The molecule has 0 heterocycles. The number of hydrogen-bond donors (Lipinski definition) is 3. The molecule has 0 aliphatic carbocycles. The van der Waals surface area contributed by atoms with Crippen molar-refractivity contribution in [1.29, 1.82) is 0 Å². The van der Waals surface area contributed by atoms with Gasteiger partial charge >= 0.3 is 0 Å². The second kappa shape index (κ2) is 10.5. The predicted molar refractivity (Wildman–Crippen MR) is 100 cm³/mol. The van der Waals surface area contributed by atoms with Gasteiger partial charge in [-0.25, -0.2) is 0 Å². The van der Waals surface area contributed by atoms with E-state index in [-0.39, 0.29) is 11.1 Å². The second-order valence-corrected chi connectivity index (χ2v) is 8.02. The first-order valence-electron chi connectivity index (χ1n) is 8.91. The van der Waals surface area contributed by atoms with E-state index in [0.717, 1.165) is 25.7 Å². The lowest BCUT2D eigenvalue weighted by atomic mass is 10.0. The molecule has 0 aliphatic heterocycles. The maximum Gasteiger partial charge on any atom is 0.102 e. The average molecular weight is 346 g/mol. The van der Waals surface area contributed by atoms with Crippen molar-refractivity contribution in [3.05, 3.63) is 17.9 Å². The van der Waals surface area contributed by atoms with Gasteiger partial charge in [-0.05, 0) is 60.3 Å². The highest BCUT2D eigenvalue weighted by atomic mass is 16.6. The molecule has 0 aliphatic rings. The van der Waals surface area contributed by atoms with E-state index >= 15 is 0 Å². The molecule has 0 aromatic heterocycles. The highest BCUT2D eigenvalue weighted by molar-refractivity contribution is 4.77. The van der Waals surface area contributed by atoms with E-state index in [9.17, 15) is 10.3 Å². The Morgan fingerprint density at radius 1 is 1.29 bits per heavy atom. The first-order valence-corrected chi connectivity index (χ1v) is 8.91. The smallest absolute Gasteiger partial charge is 0.102 e. The van der Waals surface area contributed by atoms with Gasteiger partial charge in [-0.15, -0.1) is 6.58 Å². The third kappa shape index (κ3) is 12.9. The maximum absolute atomic E-state index is 12.5. The Balaban J connectivity index is 4.21. The van der Waals surface area contributed by atoms with Gasteiger partial charge in [-0.2, -0.15) is 5.43 Å². The standard InChI is InChI=1S/C18H39N3O3/c1-8-9-10-11-13-21(7,23)20-17(3,4)12-14-24-18(5,6)15-19-16(2)22/h8,16,19-20,22H,1,9-15H2,2-7H3. The topological polar surface area (TPSA) is 76.6 Å². The maximum atomic E-state index is 12.5. The van der Waals surface area contributed by atoms with Crippen molar-refractivity contribution < 1.29 is 14.6 Å². The number of nitrogens with zero attached hydrogens (tertiary/aromatic N) is 1. The summed E-state index contributed by atoms with van der Waals surface area (Å²) in [6.45, 7) is 15.1. The van der Waals surface area contributed by atoms with Gasteiger partial charge in [0.1, 0.15) is 6.23 Å². The van der Waals surface area contributed by atoms with Gasteiger partial charge in [-0.3, -0.25) is 10.1 Å². The van der Waals surface area contributed by atoms with Gasteiger partial charge in [0.15, 0.2) is 0 Å². The van der Waals surface area contributed by atoms with Crippen LogP contribution in [0.25, 0.3) is 0 Å². The van der Waals surface area contributed by atoms with Gasteiger partial charge in [0.25, 0.3) is 0 Å². The fraction of sp³-hybridized carbons (Fsp3) is 0.889. The number of nitrogens with one attached hydrogen (secondary N) is 2. The Hall–Kier alpha value is -0.500. The molecule has 0 saturated heterocycles. The Morgan fingerprint density at radius 2 is 1.92 bits per heavy atom. The van der Waals surface area contributed by atoms with Gasteiger partial charge in [0.05, 0.1) is 24.7 Å². The van der Waals surface area contributed by atoms with Crippen LogP contribution in [0.2, 0.25) is 0 Å². The zero-order chi connectivity index (χ0) is 18.9. The minimum Gasteiger partial charge on any atom is -0.612 e. The number of rotatable bonds is 14. The number of quaternary nitrogens is 1. The highest BCUT2D eigenvalue weighted by Gasteiger charge is 2.27. The number of ether oxygens (including phenoxy) is 1. The summed E-state index contributed by atoms with van der Waals surface area (Å²) in [7, 11) is 1.66. The largest absolute Gasteiger partial charge is 0.612 e. The van der Waals surface area contributed by atoms with Crippen LogP contribution in [0, 0.1) is 5.21 Å². The quantitative estimate of drug-likeness (QED) is 0.148. The number of hydrogen-bond acceptors (Lipinski definition) is 5. The summed E-state index contributed by atoms with van der Waals surface area (Å²) in [5.41, 5.74) is 2.48. The minimum atomic E-state index is -0.550. The van der Waals surface area contributed by atoms with E-state index < -0.39 is 11.0 Å². The van der Waals surface area contributed by atoms with Crippen LogP contribution in [0.5, 0.6) is 0 Å². The highest BCUT2D eigenvalue weighted by Crippen LogP contribution is 2.16. The Bertz CT molecular complexity index is 355. The van der Waals surface area contributed by atoms with Crippen molar-refractivity contribution in [3.63, 3.8) is 0 Å². The molecule has 0 fully saturated rings. The third-order valence-electron chi connectivity index (χ3n) is 3.83. The molecule has 24 heavy (non-hydrogen) atoms. The fourth-order valence-electron chi connectivity index (χ4n) is 2.48. The molecule has 6 heteroatoms. The number of hydroxylamine groups is 2. The molecular weight excluding hydrogens is 306 g/mol. The molecule has 0 aromatic carbocycles. The van der Waals surface area contributed by atoms with Gasteiger partial charge in [-0.1, -0.05) is 6.08 Å². The third-order valence-corrected chi connectivity index (χ3v) is 3.83. The van der Waals surface area contributed by atoms with Crippen LogP contribution in [-0.4, -0.2) is 54.0 Å². The molecule has 0 aromatic rings. The van der Waals surface area contributed by atoms with Gasteiger partial charge in [0, 0.05) is 13.2 Å². The Labute approximate surface area is 148 Å². The summed E-state index contributed by atoms with van der Waals surface area (Å²) < 4.78 is 5.46. The predicted octanol–water partition coefficient (Wildman–Crippen LogP) is 2.68. The summed E-state index contributed by atoms with van der Waals surface area (Å²) in [6.07, 6.45) is 4.89. The van der Waals surface area contributed by atoms with Crippen LogP contribution in [-0.2, 0) is 4.74 Å². The summed E-state index contributed by atoms with van der Waals surface area (Å²) in [5.74, 6) is 0. The fourth-order valence-corrected chi connectivity index (χ4v) is 2.48. The van der Waals surface area contributed by atoms with Crippen LogP contribution in [0.15, 0.2) is 12.7 Å². The van der Waals surface area contributed by atoms with E-state index in [2.05, 4.69) is 17.3 Å². The summed E-state index contributed by atoms with van der Waals surface area (Å²) in [6, 6.07) is 0. The van der Waals surface area contributed by atoms with Crippen molar-refractivity contribution in [2.75, 3.05) is 26.7 Å². The van der Waals surface area contributed by atoms with Crippen LogP contribution in [0.1, 0.15) is 60.3 Å². The van der Waals surface area contributed by atoms with E-state index in [1.165, 1.54) is 0 Å². The molecule has 0 spiro atoms. The number of aliphatic hydroxyl groups excluding tert-OH is 1. The average Bonchev–Trinajstić information content (AvgIpc) is 2.40. The molecule has 0 saturated carbocycles. The molecule has 3 N–H and O–H groups in total. The van der Waals surface area contributed by atoms with Crippen molar-refractivity contribution in [2.45, 2.75) is 77.7 Å². The second-order valence-electron chi connectivity index (χ2n) is 8.02. The summed E-state index contributed by atoms with van der Waals surface area (Å²) in [5, 5.41) is 24.8. The van der Waals surface area contributed by atoms with Crippen molar-refractivity contribution >= 4 is 0 Å². The molecule has 0 bridgehead atoms. The van der Waals surface area contributed by atoms with Crippen LogP contribution in [0.4, 0.5) is 0 Å². The molecule has 0 radical (unpaired) electrons. The molecule has 6 nitrogen and oxygen atoms in total. The Kier molecular flexibility index (Phi) is 10.3. The van der Waals surface area contributed by atoms with Crippen molar-refractivity contribution in [2.24, 2.45) is 0 Å². The number of allylic oxidation sites excluding steroid dienone is 1. The van der Waals surface area contributed by atoms with Crippen molar-refractivity contribution in [3.8, 4) is 0 Å². The van der Waals surface area contributed by atoms with Crippen molar-refractivity contribution in [1.82, 2.24) is 10.7 Å². The molecule has 144 valence electrons. The SMILES string of the molecule is C=CCCCC[N+](C)([O-])NC(C)(C)CCOC(C)(C)CNC(C)O. The van der Waals surface area contributed by atoms with E-state index in [1.807, 2.05) is 33.8 Å². The van der Waals surface area contributed by atoms with Crippen LogP contribution < -0.4 is 10.7 Å². The number of aliphatic hydroxyl groups is 1. The Morgan fingerprint density at radius 3 is 2.46 bits per heavy atom. The first kappa shape index (κ1) is 23.5. The van der Waals surface area contributed by atoms with Gasteiger partial charge < -0.3 is 15.1 Å². The number of unbranched alkanes of at least 4 members (excludes halogenated alkanes) is 2.